The average Bonchev–Trinajstić information content (AvgIpc) is 3.01. The van der Waals surface area contributed by atoms with E-state index in [1.165, 1.54) is 0 Å². The molecule has 0 fully saturated rings. The summed E-state index contributed by atoms with van der Waals surface area (Å²) < 4.78 is 7.94. The predicted molar refractivity (Wildman–Crippen MR) is 108 cm³/mol. The van der Waals surface area contributed by atoms with Gasteiger partial charge in [0, 0.05) is 6.04 Å². The second kappa shape index (κ2) is 7.82. The number of imidazole rings is 1. The number of amides is 1. The Morgan fingerprint density at radius 2 is 1.74 bits per heavy atom. The van der Waals surface area contributed by atoms with E-state index in [0.717, 1.165) is 33.7 Å². The lowest BCUT2D eigenvalue weighted by Gasteiger charge is -2.19. The van der Waals surface area contributed by atoms with Crippen LogP contribution in [0, 0.1) is 13.8 Å². The van der Waals surface area contributed by atoms with Crippen molar-refractivity contribution < 1.29 is 9.53 Å². The minimum atomic E-state index is -0.214. The number of carbonyl (C=O) groups is 1. The maximum atomic E-state index is 12.4. The van der Waals surface area contributed by atoms with Gasteiger partial charge in [0.1, 0.15) is 11.6 Å². The number of para-hydroxylation sites is 3. The number of hydrogen-bond donors (Lipinski definition) is 1. The molecule has 0 saturated heterocycles. The summed E-state index contributed by atoms with van der Waals surface area (Å²) in [5, 5.41) is 3.01. The predicted octanol–water partition coefficient (Wildman–Crippen LogP) is 4.49. The summed E-state index contributed by atoms with van der Waals surface area (Å²) in [5.74, 6) is 1.47. The molecular formula is C22H27N3O2. The lowest BCUT2D eigenvalue weighted by atomic mass is 10.1. The second-order valence-corrected chi connectivity index (χ2v) is 7.22. The fraction of sp³-hybridized carbons (Fsp3) is 0.364. The van der Waals surface area contributed by atoms with Gasteiger partial charge in [-0.25, -0.2) is 4.98 Å². The molecule has 3 aromatic rings. The molecule has 2 aromatic carbocycles. The van der Waals surface area contributed by atoms with Crippen molar-refractivity contribution in [1.82, 2.24) is 14.9 Å². The molecule has 1 heterocycles. The molecular weight excluding hydrogens is 338 g/mol. The van der Waals surface area contributed by atoms with E-state index in [-0.39, 0.29) is 24.6 Å². The Kier molecular flexibility index (Phi) is 5.49. The summed E-state index contributed by atoms with van der Waals surface area (Å²) in [5.41, 5.74) is 4.07. The lowest BCUT2D eigenvalue weighted by Crippen LogP contribution is -2.33. The maximum absolute atomic E-state index is 12.4. The standard InChI is InChI=1S/C22H27N3O2/c1-14(2)25-19-12-7-6-11-18(19)24-22(25)17(5)23-20(26)13-27-21-15(3)9-8-10-16(21)4/h6-12,14,17H,13H2,1-5H3,(H,23,26)/t17-/m0/s1. The Hall–Kier alpha value is -2.82. The van der Waals surface area contributed by atoms with E-state index < -0.39 is 0 Å². The second-order valence-electron chi connectivity index (χ2n) is 7.22. The molecule has 5 nitrogen and oxygen atoms in total. The van der Waals surface area contributed by atoms with Crippen LogP contribution < -0.4 is 10.1 Å². The Morgan fingerprint density at radius 1 is 1.07 bits per heavy atom. The molecule has 1 amide bonds. The molecule has 0 aliphatic carbocycles. The summed E-state index contributed by atoms with van der Waals surface area (Å²) >= 11 is 0. The van der Waals surface area contributed by atoms with E-state index in [2.05, 4.69) is 29.8 Å². The molecule has 0 aliphatic rings. The zero-order chi connectivity index (χ0) is 19.6. The van der Waals surface area contributed by atoms with Gasteiger partial charge in [-0.3, -0.25) is 4.79 Å². The zero-order valence-electron chi connectivity index (χ0n) is 16.6. The van der Waals surface area contributed by atoms with Gasteiger partial charge in [0.15, 0.2) is 6.61 Å². The molecule has 5 heteroatoms. The van der Waals surface area contributed by atoms with Crippen LogP contribution in [0.5, 0.6) is 5.75 Å². The van der Waals surface area contributed by atoms with Gasteiger partial charge in [-0.2, -0.15) is 0 Å². The normalized spacial score (nSPS) is 12.4. The Labute approximate surface area is 160 Å². The Balaban J connectivity index is 1.73. The van der Waals surface area contributed by atoms with E-state index in [4.69, 9.17) is 9.72 Å². The number of aromatic nitrogens is 2. The quantitative estimate of drug-likeness (QED) is 0.700. The first kappa shape index (κ1) is 19.0. The highest BCUT2D eigenvalue weighted by molar-refractivity contribution is 5.79. The first-order valence-electron chi connectivity index (χ1n) is 9.33. The van der Waals surface area contributed by atoms with E-state index in [9.17, 15) is 4.79 Å². The van der Waals surface area contributed by atoms with Crippen LogP contribution in [0.1, 0.15) is 49.8 Å². The van der Waals surface area contributed by atoms with Crippen LogP contribution in [0.15, 0.2) is 42.5 Å². The van der Waals surface area contributed by atoms with Gasteiger partial charge >= 0.3 is 0 Å². The SMILES string of the molecule is Cc1cccc(C)c1OCC(=O)N[C@@H](C)c1nc2ccccc2n1C(C)C. The van der Waals surface area contributed by atoms with Crippen molar-refractivity contribution in [3.05, 3.63) is 59.4 Å². The van der Waals surface area contributed by atoms with Crippen LogP contribution in [0.4, 0.5) is 0 Å². The first-order chi connectivity index (χ1) is 12.9. The molecule has 0 saturated carbocycles. The first-order valence-corrected chi connectivity index (χ1v) is 9.33. The molecule has 1 N–H and O–H groups in total. The zero-order valence-corrected chi connectivity index (χ0v) is 16.6. The molecule has 1 aromatic heterocycles. The van der Waals surface area contributed by atoms with Crippen molar-refractivity contribution >= 4 is 16.9 Å². The van der Waals surface area contributed by atoms with Crippen molar-refractivity contribution in [2.75, 3.05) is 6.61 Å². The van der Waals surface area contributed by atoms with Crippen molar-refractivity contribution in [2.24, 2.45) is 0 Å². The third-order valence-corrected chi connectivity index (χ3v) is 4.66. The van der Waals surface area contributed by atoms with Gasteiger partial charge in [0.05, 0.1) is 17.1 Å². The van der Waals surface area contributed by atoms with E-state index >= 15 is 0 Å². The number of aryl methyl sites for hydroxylation is 2. The molecule has 0 spiro atoms. The van der Waals surface area contributed by atoms with E-state index in [0.29, 0.717) is 0 Å². The number of rotatable bonds is 6. The van der Waals surface area contributed by atoms with E-state index in [1.54, 1.807) is 0 Å². The largest absolute Gasteiger partial charge is 0.483 e. The minimum absolute atomic E-state index is 0.0159. The van der Waals surface area contributed by atoms with Gasteiger partial charge in [0.25, 0.3) is 5.91 Å². The fourth-order valence-corrected chi connectivity index (χ4v) is 3.42. The highest BCUT2D eigenvalue weighted by Crippen LogP contribution is 2.25. The van der Waals surface area contributed by atoms with Gasteiger partial charge in [-0.15, -0.1) is 0 Å². The van der Waals surface area contributed by atoms with Crippen LogP contribution in [-0.4, -0.2) is 22.1 Å². The number of carbonyl (C=O) groups excluding carboxylic acids is 1. The van der Waals surface area contributed by atoms with Crippen molar-refractivity contribution in [2.45, 2.75) is 46.7 Å². The highest BCUT2D eigenvalue weighted by atomic mass is 16.5. The van der Waals surface area contributed by atoms with Gasteiger partial charge < -0.3 is 14.6 Å². The maximum Gasteiger partial charge on any atom is 0.258 e. The fourth-order valence-electron chi connectivity index (χ4n) is 3.42. The lowest BCUT2D eigenvalue weighted by molar-refractivity contribution is -0.123. The number of nitrogens with one attached hydrogen (secondary N) is 1. The van der Waals surface area contributed by atoms with Crippen LogP contribution in [0.25, 0.3) is 11.0 Å². The van der Waals surface area contributed by atoms with Gasteiger partial charge in [-0.1, -0.05) is 30.3 Å². The van der Waals surface area contributed by atoms with E-state index in [1.807, 2.05) is 57.2 Å². The number of benzene rings is 2. The smallest absolute Gasteiger partial charge is 0.258 e. The molecule has 142 valence electrons. The highest BCUT2D eigenvalue weighted by Gasteiger charge is 2.20. The number of ether oxygens (including phenoxy) is 1. The van der Waals surface area contributed by atoms with Crippen molar-refractivity contribution in [1.29, 1.82) is 0 Å². The van der Waals surface area contributed by atoms with Crippen LogP contribution in [0.2, 0.25) is 0 Å². The summed E-state index contributed by atoms with van der Waals surface area (Å²) in [6.07, 6.45) is 0. The molecule has 0 unspecified atom stereocenters. The molecule has 0 radical (unpaired) electrons. The molecule has 3 rings (SSSR count). The van der Waals surface area contributed by atoms with Gasteiger partial charge in [0.2, 0.25) is 0 Å². The van der Waals surface area contributed by atoms with Crippen LogP contribution in [-0.2, 0) is 4.79 Å². The molecule has 0 aliphatic heterocycles. The summed E-state index contributed by atoms with van der Waals surface area (Å²) in [6.45, 7) is 10.1. The number of fused-ring (bicyclic) bond motifs is 1. The van der Waals surface area contributed by atoms with Crippen molar-refractivity contribution in [3.63, 3.8) is 0 Å². The average molecular weight is 365 g/mol. The Morgan fingerprint density at radius 3 is 2.41 bits per heavy atom. The van der Waals surface area contributed by atoms with Crippen LogP contribution in [0.3, 0.4) is 0 Å². The molecule has 0 bridgehead atoms. The minimum Gasteiger partial charge on any atom is -0.483 e. The van der Waals surface area contributed by atoms with Crippen LogP contribution >= 0.6 is 0 Å². The summed E-state index contributed by atoms with van der Waals surface area (Å²) in [4.78, 5) is 17.2. The summed E-state index contributed by atoms with van der Waals surface area (Å²) in [7, 11) is 0. The molecule has 1 atom stereocenters. The van der Waals surface area contributed by atoms with Gasteiger partial charge in [-0.05, 0) is 57.9 Å². The third-order valence-electron chi connectivity index (χ3n) is 4.66. The number of nitrogens with zero attached hydrogens (tertiary/aromatic N) is 2. The Bertz CT molecular complexity index is 939. The third kappa shape index (κ3) is 3.97. The molecule has 27 heavy (non-hydrogen) atoms. The topological polar surface area (TPSA) is 56.1 Å². The number of hydrogen-bond acceptors (Lipinski definition) is 3. The van der Waals surface area contributed by atoms with Crippen molar-refractivity contribution in [3.8, 4) is 5.75 Å². The summed E-state index contributed by atoms with van der Waals surface area (Å²) in [6, 6.07) is 14.0. The monoisotopic (exact) mass is 365 g/mol.